The van der Waals surface area contributed by atoms with Crippen molar-refractivity contribution in [2.24, 2.45) is 0 Å². The number of thiophene rings is 1. The van der Waals surface area contributed by atoms with Crippen molar-refractivity contribution in [2.75, 3.05) is 9.80 Å². The second-order valence-electron chi connectivity index (χ2n) is 24.0. The van der Waals surface area contributed by atoms with Crippen molar-refractivity contribution in [2.45, 2.75) is 141 Å². The van der Waals surface area contributed by atoms with E-state index in [0.717, 1.165) is 0 Å². The molecular formula is C64H65BN2S. The minimum atomic E-state index is 0.0514. The van der Waals surface area contributed by atoms with E-state index >= 15 is 0 Å². The fraction of sp³-hybridized carbons (Fsp3) is 0.344. The maximum atomic E-state index is 2.77. The van der Waals surface area contributed by atoms with Gasteiger partial charge in [0.1, 0.15) is 0 Å². The summed E-state index contributed by atoms with van der Waals surface area (Å²) in [5.74, 6) is 0.520. The molecule has 0 bridgehead atoms. The summed E-state index contributed by atoms with van der Waals surface area (Å²) in [6.45, 7) is 20.0. The molecule has 1 fully saturated rings. The quantitative estimate of drug-likeness (QED) is 0.162. The van der Waals surface area contributed by atoms with Crippen LogP contribution in [0.2, 0.25) is 0 Å². The smallest absolute Gasteiger partial charge is 0.252 e. The van der Waals surface area contributed by atoms with Crippen molar-refractivity contribution in [3.05, 3.63) is 161 Å². The lowest BCUT2D eigenvalue weighted by Crippen LogP contribution is -2.62. The second kappa shape index (κ2) is 15.0. The fourth-order valence-electron chi connectivity index (χ4n) is 13.8. The van der Waals surface area contributed by atoms with Crippen LogP contribution in [0.15, 0.2) is 133 Å². The van der Waals surface area contributed by atoms with Crippen molar-refractivity contribution >= 4 is 88.7 Å². The van der Waals surface area contributed by atoms with Crippen LogP contribution in [0.25, 0.3) is 31.3 Å². The third-order valence-electron chi connectivity index (χ3n) is 18.0. The highest BCUT2D eigenvalue weighted by molar-refractivity contribution is 7.26. The molecule has 13 rings (SSSR count). The van der Waals surface area contributed by atoms with E-state index in [2.05, 4.69) is 199 Å². The van der Waals surface area contributed by atoms with E-state index < -0.39 is 0 Å². The zero-order valence-electron chi connectivity index (χ0n) is 41.5. The summed E-state index contributed by atoms with van der Waals surface area (Å²) in [7, 11) is 0. The Hall–Kier alpha value is -5.58. The van der Waals surface area contributed by atoms with Gasteiger partial charge in [0.2, 0.25) is 0 Å². The summed E-state index contributed by atoms with van der Waals surface area (Å²) in [6, 6.07) is 53.0. The number of hydrogen-bond donors (Lipinski definition) is 0. The van der Waals surface area contributed by atoms with Gasteiger partial charge in [-0.25, -0.2) is 0 Å². The number of nitrogens with zero attached hydrogens (tertiary/aromatic N) is 2. The third kappa shape index (κ3) is 6.27. The Morgan fingerprint density at radius 2 is 1.10 bits per heavy atom. The van der Waals surface area contributed by atoms with Crippen LogP contribution in [0.5, 0.6) is 0 Å². The number of benzene rings is 7. The van der Waals surface area contributed by atoms with Crippen LogP contribution in [0.1, 0.15) is 147 Å². The molecule has 7 aromatic carbocycles. The number of para-hydroxylation sites is 1. The van der Waals surface area contributed by atoms with Gasteiger partial charge in [0, 0.05) is 43.8 Å². The molecule has 68 heavy (non-hydrogen) atoms. The largest absolute Gasteiger partial charge is 0.311 e. The molecule has 0 unspecified atom stereocenters. The van der Waals surface area contributed by atoms with Gasteiger partial charge in [0.05, 0.1) is 16.1 Å². The predicted octanol–water partition coefficient (Wildman–Crippen LogP) is 16.5. The Morgan fingerprint density at radius 3 is 1.84 bits per heavy atom. The summed E-state index contributed by atoms with van der Waals surface area (Å²) >= 11 is 1.98. The van der Waals surface area contributed by atoms with Crippen LogP contribution in [0.3, 0.4) is 0 Å². The lowest BCUT2D eigenvalue weighted by Gasteiger charge is -2.48. The molecule has 0 atom stereocenters. The van der Waals surface area contributed by atoms with Crippen molar-refractivity contribution in [3.8, 4) is 11.1 Å². The Labute approximate surface area is 409 Å². The predicted molar refractivity (Wildman–Crippen MR) is 295 cm³/mol. The second-order valence-corrected chi connectivity index (χ2v) is 25.0. The first kappa shape index (κ1) is 42.5. The standard InChI is InChI=1S/C64H65BN2S/c1-61(2)31-32-62(3,4)48-37-43(27-29-47(48)61)66-54-39-50-49(63(5,6)33-34-64(50,7)8)38-52(54)65-51-30-28-46-45-24-16-18-26-57(45)68-60(46)59(51)67(53-25-17-15-23-44(53)41-21-13-10-14-22-41)56-36-42(35-55(66)58(56)65)40-19-11-9-12-20-40/h10,13-18,21-30,35-40H,9,11-12,19-20,31-34H2,1-8H3. The first-order valence-corrected chi connectivity index (χ1v) is 26.7. The minimum absolute atomic E-state index is 0.0514. The van der Waals surface area contributed by atoms with E-state index in [1.807, 2.05) is 11.3 Å². The Bertz CT molecular complexity index is 3360. The van der Waals surface area contributed by atoms with Gasteiger partial charge in [-0.15, -0.1) is 11.3 Å². The lowest BCUT2D eigenvalue weighted by molar-refractivity contribution is 0.332. The molecule has 1 saturated carbocycles. The van der Waals surface area contributed by atoms with Crippen molar-refractivity contribution in [1.82, 2.24) is 0 Å². The third-order valence-corrected chi connectivity index (χ3v) is 19.2. The van der Waals surface area contributed by atoms with Crippen LogP contribution in [0, 0.1) is 0 Å². The summed E-state index contributed by atoms with van der Waals surface area (Å²) in [5, 5.41) is 2.70. The number of hydrogen-bond acceptors (Lipinski definition) is 3. The molecule has 2 aliphatic heterocycles. The molecule has 0 saturated heterocycles. The normalized spacial score (nSPS) is 19.6. The SMILES string of the molecule is CC1(C)CCC(C)(C)c2cc(N3c4cc5c(cc4B4c6ccc7c(sc8ccccc87)c6N(c6ccccc6-c6ccccc6)c6cc(C7CCCCC7)cc3c64)C(C)(C)CCC5(C)C)ccc21. The molecule has 0 spiro atoms. The lowest BCUT2D eigenvalue weighted by atomic mass is 9.33. The molecule has 3 aliphatic carbocycles. The van der Waals surface area contributed by atoms with Gasteiger partial charge in [0.15, 0.2) is 0 Å². The molecule has 8 aromatic rings. The van der Waals surface area contributed by atoms with E-state index in [-0.39, 0.29) is 28.4 Å². The van der Waals surface area contributed by atoms with E-state index in [9.17, 15) is 0 Å². The molecule has 3 heterocycles. The van der Waals surface area contributed by atoms with E-state index in [1.165, 1.54) is 167 Å². The zero-order chi connectivity index (χ0) is 46.5. The van der Waals surface area contributed by atoms with Crippen LogP contribution in [-0.4, -0.2) is 6.71 Å². The average molecular weight is 905 g/mol. The van der Waals surface area contributed by atoms with E-state index in [4.69, 9.17) is 0 Å². The maximum Gasteiger partial charge on any atom is 0.252 e. The van der Waals surface area contributed by atoms with Gasteiger partial charge in [-0.2, -0.15) is 0 Å². The van der Waals surface area contributed by atoms with Crippen molar-refractivity contribution in [1.29, 1.82) is 0 Å². The van der Waals surface area contributed by atoms with Gasteiger partial charge in [-0.3, -0.25) is 0 Å². The summed E-state index contributed by atoms with van der Waals surface area (Å²) in [5.41, 5.74) is 22.7. The number of fused-ring (bicyclic) bond motifs is 10. The average Bonchev–Trinajstić information content (AvgIpc) is 3.73. The molecular weight excluding hydrogens is 840 g/mol. The summed E-state index contributed by atoms with van der Waals surface area (Å²) < 4.78 is 2.73. The van der Waals surface area contributed by atoms with Crippen LogP contribution < -0.4 is 26.2 Å². The molecule has 1 aromatic heterocycles. The van der Waals surface area contributed by atoms with Gasteiger partial charge in [0.25, 0.3) is 6.71 Å². The fourth-order valence-corrected chi connectivity index (χ4v) is 15.0. The van der Waals surface area contributed by atoms with E-state index in [0.29, 0.717) is 5.92 Å². The highest BCUT2D eigenvalue weighted by Crippen LogP contribution is 2.55. The summed E-state index contributed by atoms with van der Waals surface area (Å²) in [4.78, 5) is 5.53. The van der Waals surface area contributed by atoms with Gasteiger partial charge >= 0.3 is 0 Å². The molecule has 340 valence electrons. The highest BCUT2D eigenvalue weighted by atomic mass is 32.1. The Morgan fingerprint density at radius 1 is 0.485 bits per heavy atom. The van der Waals surface area contributed by atoms with Gasteiger partial charge in [-0.1, -0.05) is 166 Å². The maximum absolute atomic E-state index is 2.77. The molecule has 2 nitrogen and oxygen atoms in total. The summed E-state index contributed by atoms with van der Waals surface area (Å²) in [6.07, 6.45) is 11.2. The van der Waals surface area contributed by atoms with Crippen LogP contribution in [0.4, 0.5) is 34.1 Å². The van der Waals surface area contributed by atoms with Crippen LogP contribution in [-0.2, 0) is 21.7 Å². The first-order chi connectivity index (χ1) is 32.7. The molecule has 0 N–H and O–H groups in total. The Balaban J connectivity index is 1.19. The van der Waals surface area contributed by atoms with Crippen molar-refractivity contribution in [3.63, 3.8) is 0 Å². The molecule has 0 amide bonds. The van der Waals surface area contributed by atoms with E-state index in [1.54, 1.807) is 0 Å². The highest BCUT2D eigenvalue weighted by Gasteiger charge is 2.48. The van der Waals surface area contributed by atoms with Gasteiger partial charge < -0.3 is 9.80 Å². The molecule has 4 heteroatoms. The Kier molecular flexibility index (Phi) is 9.36. The first-order valence-electron chi connectivity index (χ1n) is 25.9. The molecule has 5 aliphatic rings. The minimum Gasteiger partial charge on any atom is -0.311 e. The van der Waals surface area contributed by atoms with Gasteiger partial charge in [-0.05, 0) is 158 Å². The van der Waals surface area contributed by atoms with Crippen LogP contribution >= 0.6 is 11.3 Å². The number of rotatable bonds is 4. The molecule has 0 radical (unpaired) electrons. The van der Waals surface area contributed by atoms with Crippen molar-refractivity contribution < 1.29 is 0 Å². The monoisotopic (exact) mass is 904 g/mol. The topological polar surface area (TPSA) is 6.48 Å². The number of anilines is 6. The zero-order valence-corrected chi connectivity index (χ0v) is 42.3.